The Balaban J connectivity index is 3.01. The maximum atomic E-state index is 12.3. The van der Waals surface area contributed by atoms with Gasteiger partial charge in [0.15, 0.2) is 0 Å². The third kappa shape index (κ3) is 4.52. The standard InChI is InChI=1S/C11H13F3N2O4S/c1-3-20-10(17)15-8-5-4-7(2)9(6-8)16-21(18,19)11(12,13)14/h4-6,16H,3H2,1-2H3,(H,15,17). The number of carbonyl (C=O) groups excluding carboxylic acids is 1. The number of hydrogen-bond donors (Lipinski definition) is 2. The number of alkyl halides is 3. The molecule has 2 N–H and O–H groups in total. The van der Waals surface area contributed by atoms with E-state index >= 15 is 0 Å². The predicted molar refractivity (Wildman–Crippen MR) is 70.4 cm³/mol. The van der Waals surface area contributed by atoms with Gasteiger partial charge in [-0.1, -0.05) is 6.07 Å². The van der Waals surface area contributed by atoms with Crippen LogP contribution in [0.2, 0.25) is 0 Å². The molecule has 0 bridgehead atoms. The summed E-state index contributed by atoms with van der Waals surface area (Å²) in [4.78, 5) is 11.2. The molecule has 0 fully saturated rings. The van der Waals surface area contributed by atoms with Crippen molar-refractivity contribution in [3.05, 3.63) is 23.8 Å². The minimum absolute atomic E-state index is 0.0962. The molecule has 0 spiro atoms. The van der Waals surface area contributed by atoms with Crippen LogP contribution < -0.4 is 10.0 Å². The average Bonchev–Trinajstić information content (AvgIpc) is 2.32. The van der Waals surface area contributed by atoms with Crippen molar-refractivity contribution in [2.24, 2.45) is 0 Å². The summed E-state index contributed by atoms with van der Waals surface area (Å²) in [6.07, 6.45) is -0.800. The molecule has 0 aromatic heterocycles. The van der Waals surface area contributed by atoms with Gasteiger partial charge in [-0.05, 0) is 31.5 Å². The van der Waals surface area contributed by atoms with Crippen LogP contribution in [-0.4, -0.2) is 26.6 Å². The summed E-state index contributed by atoms with van der Waals surface area (Å²) in [7, 11) is -5.52. The molecule has 1 aromatic carbocycles. The lowest BCUT2D eigenvalue weighted by Gasteiger charge is -2.14. The fourth-order valence-electron chi connectivity index (χ4n) is 1.30. The molecule has 6 nitrogen and oxygen atoms in total. The summed E-state index contributed by atoms with van der Waals surface area (Å²) < 4.78 is 65.1. The number of carbonyl (C=O) groups is 1. The first-order valence-electron chi connectivity index (χ1n) is 5.70. The topological polar surface area (TPSA) is 84.5 Å². The number of benzene rings is 1. The van der Waals surface area contributed by atoms with Crippen molar-refractivity contribution < 1.29 is 31.1 Å². The van der Waals surface area contributed by atoms with Crippen LogP contribution in [0.25, 0.3) is 0 Å². The number of aryl methyl sites for hydroxylation is 1. The van der Waals surface area contributed by atoms with Gasteiger partial charge in [0.2, 0.25) is 0 Å². The minimum Gasteiger partial charge on any atom is -0.450 e. The summed E-state index contributed by atoms with van der Waals surface area (Å²) in [5, 5.41) is 2.26. The number of anilines is 2. The van der Waals surface area contributed by atoms with Crippen molar-refractivity contribution in [2.45, 2.75) is 19.4 Å². The largest absolute Gasteiger partial charge is 0.516 e. The summed E-state index contributed by atoms with van der Waals surface area (Å²) in [6.45, 7) is 3.12. The molecule has 0 radical (unpaired) electrons. The Morgan fingerprint density at radius 2 is 1.95 bits per heavy atom. The molecule has 0 heterocycles. The first kappa shape index (κ1) is 17.1. The van der Waals surface area contributed by atoms with Gasteiger partial charge in [-0.2, -0.15) is 21.6 Å². The first-order valence-corrected chi connectivity index (χ1v) is 7.18. The Kier molecular flexibility index (Phi) is 5.05. The Morgan fingerprint density at radius 3 is 2.48 bits per heavy atom. The quantitative estimate of drug-likeness (QED) is 0.891. The van der Waals surface area contributed by atoms with Crippen molar-refractivity contribution in [3.8, 4) is 0 Å². The van der Waals surface area contributed by atoms with E-state index in [0.29, 0.717) is 0 Å². The number of sulfonamides is 1. The van der Waals surface area contributed by atoms with E-state index in [0.717, 1.165) is 6.07 Å². The maximum absolute atomic E-state index is 12.3. The monoisotopic (exact) mass is 326 g/mol. The number of nitrogens with one attached hydrogen (secondary N) is 2. The Morgan fingerprint density at radius 1 is 1.33 bits per heavy atom. The second-order valence-electron chi connectivity index (χ2n) is 3.93. The van der Waals surface area contributed by atoms with Gasteiger partial charge < -0.3 is 4.74 Å². The van der Waals surface area contributed by atoms with Gasteiger partial charge in [0.05, 0.1) is 12.3 Å². The number of rotatable bonds is 4. The molecule has 1 aromatic rings. The van der Waals surface area contributed by atoms with E-state index in [-0.39, 0.29) is 23.5 Å². The molecular weight excluding hydrogens is 313 g/mol. The highest BCUT2D eigenvalue weighted by molar-refractivity contribution is 7.93. The molecule has 1 rings (SSSR count). The van der Waals surface area contributed by atoms with Gasteiger partial charge in [0, 0.05) is 5.69 Å². The highest BCUT2D eigenvalue weighted by Gasteiger charge is 2.46. The average molecular weight is 326 g/mol. The Labute approximate surface area is 119 Å². The lowest BCUT2D eigenvalue weighted by Crippen LogP contribution is -2.30. The zero-order chi connectivity index (χ0) is 16.3. The van der Waals surface area contributed by atoms with E-state index < -0.39 is 21.6 Å². The molecule has 118 valence electrons. The SMILES string of the molecule is CCOC(=O)Nc1ccc(C)c(NS(=O)(=O)C(F)(F)F)c1. The van der Waals surface area contributed by atoms with Gasteiger partial charge in [0.1, 0.15) is 0 Å². The third-order valence-electron chi connectivity index (χ3n) is 2.31. The lowest BCUT2D eigenvalue weighted by atomic mass is 10.2. The summed E-state index contributed by atoms with van der Waals surface area (Å²) in [5.41, 5.74) is -5.36. The third-order valence-corrected chi connectivity index (χ3v) is 3.41. The zero-order valence-corrected chi connectivity index (χ0v) is 11.9. The van der Waals surface area contributed by atoms with E-state index in [2.05, 4.69) is 10.1 Å². The van der Waals surface area contributed by atoms with E-state index in [4.69, 9.17) is 0 Å². The zero-order valence-electron chi connectivity index (χ0n) is 11.1. The highest BCUT2D eigenvalue weighted by Crippen LogP contribution is 2.28. The fourth-order valence-corrected chi connectivity index (χ4v) is 1.92. The molecule has 10 heteroatoms. The predicted octanol–water partition coefficient (Wildman–Crippen LogP) is 2.82. The van der Waals surface area contributed by atoms with Crippen LogP contribution in [0.5, 0.6) is 0 Å². The van der Waals surface area contributed by atoms with Gasteiger partial charge in [0.25, 0.3) is 0 Å². The molecule has 0 aliphatic carbocycles. The summed E-state index contributed by atoms with van der Waals surface area (Å²) in [5.74, 6) is 0. The van der Waals surface area contributed by atoms with Crippen LogP contribution in [0.4, 0.5) is 29.3 Å². The normalized spacial score (nSPS) is 11.9. The van der Waals surface area contributed by atoms with Gasteiger partial charge in [-0.25, -0.2) is 4.79 Å². The van der Waals surface area contributed by atoms with Crippen molar-refractivity contribution in [1.29, 1.82) is 0 Å². The Hall–Kier alpha value is -1.97. The molecule has 0 saturated carbocycles. The summed E-state index contributed by atoms with van der Waals surface area (Å²) in [6, 6.07) is 3.82. The molecule has 21 heavy (non-hydrogen) atoms. The van der Waals surface area contributed by atoms with Gasteiger partial charge >= 0.3 is 21.6 Å². The molecule has 1 amide bonds. The molecule has 0 unspecified atom stereocenters. The van der Waals surface area contributed by atoms with E-state index in [1.165, 1.54) is 23.8 Å². The van der Waals surface area contributed by atoms with Crippen LogP contribution in [0.15, 0.2) is 18.2 Å². The fraction of sp³-hybridized carbons (Fsp3) is 0.364. The first-order chi connectivity index (χ1) is 9.56. The lowest BCUT2D eigenvalue weighted by molar-refractivity contribution is -0.0429. The van der Waals surface area contributed by atoms with Gasteiger partial charge in [-0.15, -0.1) is 0 Å². The van der Waals surface area contributed by atoms with Crippen LogP contribution in [0.3, 0.4) is 0 Å². The van der Waals surface area contributed by atoms with Crippen molar-refractivity contribution in [1.82, 2.24) is 0 Å². The van der Waals surface area contributed by atoms with Gasteiger partial charge in [-0.3, -0.25) is 10.0 Å². The maximum Gasteiger partial charge on any atom is 0.516 e. The second kappa shape index (κ2) is 6.20. The molecule has 0 atom stereocenters. The number of halogens is 3. The van der Waals surface area contributed by atoms with Crippen molar-refractivity contribution in [3.63, 3.8) is 0 Å². The van der Waals surface area contributed by atoms with Crippen LogP contribution in [0, 0.1) is 6.92 Å². The molecule has 0 saturated heterocycles. The molecular formula is C11H13F3N2O4S. The van der Waals surface area contributed by atoms with E-state index in [1.807, 2.05) is 0 Å². The van der Waals surface area contributed by atoms with Crippen LogP contribution in [0.1, 0.15) is 12.5 Å². The van der Waals surface area contributed by atoms with E-state index in [1.54, 1.807) is 6.92 Å². The molecule has 0 aliphatic rings. The summed E-state index contributed by atoms with van der Waals surface area (Å²) >= 11 is 0. The number of hydrogen-bond acceptors (Lipinski definition) is 4. The minimum atomic E-state index is -5.52. The second-order valence-corrected chi connectivity index (χ2v) is 5.60. The smallest absolute Gasteiger partial charge is 0.450 e. The Bertz CT molecular complexity index is 629. The molecule has 0 aliphatic heterocycles. The van der Waals surface area contributed by atoms with Crippen LogP contribution in [-0.2, 0) is 14.8 Å². The highest BCUT2D eigenvalue weighted by atomic mass is 32.2. The number of ether oxygens (including phenoxy) is 1. The van der Waals surface area contributed by atoms with Crippen LogP contribution >= 0.6 is 0 Å². The van der Waals surface area contributed by atoms with Crippen molar-refractivity contribution >= 4 is 27.5 Å². The van der Waals surface area contributed by atoms with Crippen molar-refractivity contribution in [2.75, 3.05) is 16.6 Å². The van der Waals surface area contributed by atoms with E-state index in [9.17, 15) is 26.4 Å². The number of amides is 1.